The molecular weight excluding hydrogens is 256 g/mol. The number of benzene rings is 1. The van der Waals surface area contributed by atoms with Crippen LogP contribution in [0.5, 0.6) is 0 Å². The lowest BCUT2D eigenvalue weighted by Crippen LogP contribution is -2.55. The van der Waals surface area contributed by atoms with Gasteiger partial charge >= 0.3 is 0 Å². The molecule has 0 atom stereocenters. The summed E-state index contributed by atoms with van der Waals surface area (Å²) in [6.45, 7) is 4.68. The fourth-order valence-electron chi connectivity index (χ4n) is 2.80. The minimum absolute atomic E-state index is 0.0281. The largest absolute Gasteiger partial charge is 0.392 e. The molecule has 1 aromatic carbocycles. The third kappa shape index (κ3) is 2.78. The molecule has 19 heavy (non-hydrogen) atoms. The molecule has 0 spiro atoms. The third-order valence-electron chi connectivity index (χ3n) is 3.84. The van der Waals surface area contributed by atoms with Gasteiger partial charge in [-0.2, -0.15) is 0 Å². The Labute approximate surface area is 119 Å². The molecule has 0 aromatic heterocycles. The second kappa shape index (κ2) is 5.29. The Morgan fingerprint density at radius 1 is 1.53 bits per heavy atom. The van der Waals surface area contributed by atoms with Crippen LogP contribution in [0.3, 0.4) is 0 Å². The van der Waals surface area contributed by atoms with E-state index < -0.39 is 5.41 Å². The predicted octanol–water partition coefficient (Wildman–Crippen LogP) is 2.31. The number of hydrogen-bond acceptors (Lipinski definition) is 2. The van der Waals surface area contributed by atoms with Gasteiger partial charge in [0.15, 0.2) is 0 Å². The first-order valence-corrected chi connectivity index (χ1v) is 6.98. The zero-order valence-electron chi connectivity index (χ0n) is 11.4. The quantitative estimate of drug-likeness (QED) is 0.830. The predicted molar refractivity (Wildman–Crippen MR) is 80.6 cm³/mol. The van der Waals surface area contributed by atoms with Crippen molar-refractivity contribution in [2.45, 2.75) is 33.2 Å². The van der Waals surface area contributed by atoms with Crippen LogP contribution in [0.4, 0.5) is 0 Å². The lowest BCUT2D eigenvalue weighted by molar-refractivity contribution is -0.133. The van der Waals surface area contributed by atoms with Crippen molar-refractivity contribution >= 4 is 23.1 Å². The van der Waals surface area contributed by atoms with Crippen molar-refractivity contribution in [2.75, 3.05) is 0 Å². The van der Waals surface area contributed by atoms with E-state index in [0.29, 0.717) is 17.5 Å². The molecule has 1 aliphatic rings. The van der Waals surface area contributed by atoms with Crippen LogP contribution in [0.25, 0.3) is 0 Å². The van der Waals surface area contributed by atoms with Crippen LogP contribution >= 0.6 is 12.2 Å². The lowest BCUT2D eigenvalue weighted by Gasteiger charge is -2.44. The Hall–Kier alpha value is -1.42. The summed E-state index contributed by atoms with van der Waals surface area (Å²) >= 11 is 5.08. The molecule has 1 saturated carbocycles. The summed E-state index contributed by atoms with van der Waals surface area (Å²) in [6, 6.07) is 8.10. The molecule has 0 unspecified atom stereocenters. The van der Waals surface area contributed by atoms with E-state index in [1.807, 2.05) is 25.1 Å². The number of carbonyl (C=O) groups is 1. The van der Waals surface area contributed by atoms with Gasteiger partial charge in [0.2, 0.25) is 5.91 Å². The van der Waals surface area contributed by atoms with Gasteiger partial charge in [0.1, 0.15) is 0 Å². The van der Waals surface area contributed by atoms with Gasteiger partial charge in [0, 0.05) is 6.54 Å². The van der Waals surface area contributed by atoms with E-state index in [-0.39, 0.29) is 5.91 Å². The summed E-state index contributed by atoms with van der Waals surface area (Å²) in [5, 5.41) is 2.96. The van der Waals surface area contributed by atoms with E-state index in [4.69, 9.17) is 18.0 Å². The first-order chi connectivity index (χ1) is 8.94. The molecule has 1 aromatic rings. The Balaban J connectivity index is 1.99. The molecule has 0 saturated heterocycles. The maximum atomic E-state index is 12.3. The van der Waals surface area contributed by atoms with Crippen LogP contribution in [0.2, 0.25) is 0 Å². The molecule has 2 rings (SSSR count). The van der Waals surface area contributed by atoms with Gasteiger partial charge in [0.05, 0.1) is 10.4 Å². The van der Waals surface area contributed by atoms with Gasteiger partial charge in [0.25, 0.3) is 0 Å². The molecule has 0 radical (unpaired) electrons. The summed E-state index contributed by atoms with van der Waals surface area (Å²) in [5.74, 6) is 0.492. The summed E-state index contributed by atoms with van der Waals surface area (Å²) < 4.78 is 0. The van der Waals surface area contributed by atoms with Crippen molar-refractivity contribution in [1.82, 2.24) is 5.32 Å². The average Bonchev–Trinajstić information content (AvgIpc) is 2.31. The molecule has 0 heterocycles. The van der Waals surface area contributed by atoms with Gasteiger partial charge in [-0.05, 0) is 31.2 Å². The van der Waals surface area contributed by atoms with E-state index in [9.17, 15) is 4.79 Å². The van der Waals surface area contributed by atoms with Crippen LogP contribution in [0, 0.1) is 18.3 Å². The SMILES string of the molecule is Cc1cccc(CNC(=O)C2(C(N)=S)CC(C)C2)c1. The minimum Gasteiger partial charge on any atom is -0.392 e. The molecule has 1 amide bonds. The fraction of sp³-hybridized carbons (Fsp3) is 0.467. The first kappa shape index (κ1) is 14.0. The van der Waals surface area contributed by atoms with Gasteiger partial charge in [-0.3, -0.25) is 4.79 Å². The molecule has 3 N–H and O–H groups in total. The standard InChI is InChI=1S/C15H20N2OS/c1-10-4-3-5-12(6-10)9-17-14(18)15(13(16)19)7-11(2)8-15/h3-6,11H,7-9H2,1-2H3,(H2,16,19)(H,17,18). The highest BCUT2D eigenvalue weighted by Gasteiger charge is 2.50. The van der Waals surface area contributed by atoms with Crippen LogP contribution in [0.15, 0.2) is 24.3 Å². The van der Waals surface area contributed by atoms with E-state index in [1.54, 1.807) is 0 Å². The Bertz CT molecular complexity index is 507. The number of rotatable bonds is 4. The van der Waals surface area contributed by atoms with Crippen LogP contribution in [0.1, 0.15) is 30.9 Å². The number of nitrogens with two attached hydrogens (primary N) is 1. The lowest BCUT2D eigenvalue weighted by atomic mass is 9.62. The van der Waals surface area contributed by atoms with E-state index >= 15 is 0 Å². The zero-order valence-corrected chi connectivity index (χ0v) is 12.2. The summed E-state index contributed by atoms with van der Waals surface area (Å²) in [7, 11) is 0. The van der Waals surface area contributed by atoms with Gasteiger partial charge in [-0.15, -0.1) is 0 Å². The topological polar surface area (TPSA) is 55.1 Å². The monoisotopic (exact) mass is 276 g/mol. The van der Waals surface area contributed by atoms with Crippen molar-refractivity contribution in [3.8, 4) is 0 Å². The fourth-order valence-corrected chi connectivity index (χ4v) is 3.06. The molecule has 1 aliphatic carbocycles. The molecular formula is C15H20N2OS. The Kier molecular flexibility index (Phi) is 3.90. The van der Waals surface area contributed by atoms with Gasteiger partial charge in [-0.25, -0.2) is 0 Å². The normalized spacial score (nSPS) is 25.5. The molecule has 3 nitrogen and oxygen atoms in total. The summed E-state index contributed by atoms with van der Waals surface area (Å²) in [6.07, 6.45) is 1.53. The highest BCUT2D eigenvalue weighted by Crippen LogP contribution is 2.45. The molecule has 4 heteroatoms. The number of hydrogen-bond donors (Lipinski definition) is 2. The third-order valence-corrected chi connectivity index (χ3v) is 4.23. The first-order valence-electron chi connectivity index (χ1n) is 6.58. The second-order valence-corrected chi connectivity index (χ2v) is 6.07. The molecule has 0 aliphatic heterocycles. The van der Waals surface area contributed by atoms with E-state index in [0.717, 1.165) is 18.4 Å². The van der Waals surface area contributed by atoms with Crippen molar-refractivity contribution in [1.29, 1.82) is 0 Å². The van der Waals surface area contributed by atoms with E-state index in [1.165, 1.54) is 5.56 Å². The van der Waals surface area contributed by atoms with Crippen LogP contribution in [-0.4, -0.2) is 10.9 Å². The number of carbonyl (C=O) groups excluding carboxylic acids is 1. The summed E-state index contributed by atoms with van der Waals surface area (Å²) in [4.78, 5) is 12.6. The summed E-state index contributed by atoms with van der Waals surface area (Å²) in [5.41, 5.74) is 7.43. The number of aryl methyl sites for hydroxylation is 1. The molecule has 0 bridgehead atoms. The van der Waals surface area contributed by atoms with Crippen molar-refractivity contribution in [3.05, 3.63) is 35.4 Å². The highest BCUT2D eigenvalue weighted by molar-refractivity contribution is 7.80. The second-order valence-electron chi connectivity index (χ2n) is 5.63. The van der Waals surface area contributed by atoms with Gasteiger partial charge < -0.3 is 11.1 Å². The molecule has 1 fully saturated rings. The maximum absolute atomic E-state index is 12.3. The minimum atomic E-state index is -0.613. The van der Waals surface area contributed by atoms with Crippen LogP contribution in [-0.2, 0) is 11.3 Å². The van der Waals surface area contributed by atoms with E-state index in [2.05, 4.69) is 18.3 Å². The smallest absolute Gasteiger partial charge is 0.233 e. The van der Waals surface area contributed by atoms with Crippen LogP contribution < -0.4 is 11.1 Å². The maximum Gasteiger partial charge on any atom is 0.233 e. The number of thiocarbonyl (C=S) groups is 1. The Morgan fingerprint density at radius 3 is 2.74 bits per heavy atom. The zero-order chi connectivity index (χ0) is 14.0. The van der Waals surface area contributed by atoms with Crippen molar-refractivity contribution in [3.63, 3.8) is 0 Å². The number of amides is 1. The van der Waals surface area contributed by atoms with Crippen molar-refractivity contribution in [2.24, 2.45) is 17.1 Å². The molecule has 102 valence electrons. The van der Waals surface area contributed by atoms with Gasteiger partial charge in [-0.1, -0.05) is 49.0 Å². The average molecular weight is 276 g/mol. The highest BCUT2D eigenvalue weighted by atomic mass is 32.1. The van der Waals surface area contributed by atoms with Crippen molar-refractivity contribution < 1.29 is 4.79 Å². The number of nitrogens with one attached hydrogen (secondary N) is 1. The Morgan fingerprint density at radius 2 is 2.21 bits per heavy atom.